The Morgan fingerprint density at radius 3 is 2.22 bits per heavy atom. The normalized spacial score (nSPS) is 22.4. The molecule has 0 saturated heterocycles. The minimum absolute atomic E-state index is 0. The minimum atomic E-state index is -0.0111. The van der Waals surface area contributed by atoms with Crippen LogP contribution in [-0.4, -0.2) is 19.1 Å². The summed E-state index contributed by atoms with van der Waals surface area (Å²) in [7, 11) is 0. The molecule has 4 bridgehead atoms. The van der Waals surface area contributed by atoms with Gasteiger partial charge in [0, 0.05) is 66.7 Å². The molecule has 0 unspecified atom stereocenters. The van der Waals surface area contributed by atoms with Crippen LogP contribution in [-0.2, 0) is 26.5 Å². The first-order chi connectivity index (χ1) is 29.2. The molecule has 4 aliphatic carbocycles. The van der Waals surface area contributed by atoms with Crippen molar-refractivity contribution in [2.45, 2.75) is 37.5 Å². The van der Waals surface area contributed by atoms with Gasteiger partial charge in [-0.3, -0.25) is 0 Å². The van der Waals surface area contributed by atoms with Gasteiger partial charge in [0.15, 0.2) is 0 Å². The van der Waals surface area contributed by atoms with Gasteiger partial charge in [-0.15, -0.1) is 35.7 Å². The summed E-state index contributed by atoms with van der Waals surface area (Å²) < 4.78 is 11.1. The molecule has 0 spiro atoms. The van der Waals surface area contributed by atoms with Gasteiger partial charge in [-0.05, 0) is 120 Å². The molecule has 4 saturated carbocycles. The minimum Gasteiger partial charge on any atom is -0.509 e. The van der Waals surface area contributed by atoms with E-state index in [4.69, 9.17) is 14.7 Å². The molecule has 5 aliphatic rings. The molecule has 4 fully saturated rings. The summed E-state index contributed by atoms with van der Waals surface area (Å²) in [6.07, 6.45) is 8.78. The maximum absolute atomic E-state index is 6.67. The Bertz CT molecular complexity index is 3080. The van der Waals surface area contributed by atoms with E-state index in [9.17, 15) is 0 Å². The van der Waals surface area contributed by atoms with Crippen molar-refractivity contribution in [2.75, 3.05) is 4.90 Å². The number of para-hydroxylation sites is 4. The maximum Gasteiger partial charge on any atom is 0.135 e. The zero-order valence-corrected chi connectivity index (χ0v) is 35.1. The SMILES string of the molecule is [Pt].[c-]1c(Oc2[c-]c3c(cc2)c2ccccc2n3-c2cc(C3(c4ccccc4)C4CC5CC(C4)CC3C5)ccn2)cccc1N1[CH-]n2c(nc3ccccc32)-c2ccccc21. The first-order valence-electron chi connectivity index (χ1n) is 21.1. The molecule has 0 radical (unpaired) electrons. The molecule has 9 aromatic rings. The number of aromatic nitrogens is 4. The average Bonchev–Trinajstić information content (AvgIpc) is 3.82. The smallest absolute Gasteiger partial charge is 0.135 e. The molecular weight excluding hydrogens is 918 g/mol. The Hall–Kier alpha value is -6.10. The number of benzene rings is 6. The van der Waals surface area contributed by atoms with Gasteiger partial charge in [0.25, 0.3) is 0 Å². The van der Waals surface area contributed by atoms with Crippen molar-refractivity contribution in [1.29, 1.82) is 0 Å². The van der Waals surface area contributed by atoms with Crippen LogP contribution in [0.2, 0.25) is 0 Å². The third-order valence-corrected chi connectivity index (χ3v) is 14.2. The van der Waals surface area contributed by atoms with E-state index >= 15 is 0 Å². The van der Waals surface area contributed by atoms with Crippen LogP contribution in [0.3, 0.4) is 0 Å². The molecule has 7 heteroatoms. The third kappa shape index (κ3) is 5.26. The maximum atomic E-state index is 6.67. The summed E-state index contributed by atoms with van der Waals surface area (Å²) in [5, 5.41) is 2.29. The summed E-state index contributed by atoms with van der Waals surface area (Å²) in [6.45, 7) is 2.10. The number of hydrogen-bond donors (Lipinski definition) is 0. The average molecular weight is 958 g/mol. The van der Waals surface area contributed by atoms with Crippen molar-refractivity contribution in [3.8, 4) is 28.7 Å². The fourth-order valence-electron chi connectivity index (χ4n) is 12.1. The quantitative estimate of drug-likeness (QED) is 0.156. The van der Waals surface area contributed by atoms with Crippen molar-refractivity contribution in [1.82, 2.24) is 19.1 Å². The van der Waals surface area contributed by atoms with Gasteiger partial charge < -0.3 is 23.8 Å². The van der Waals surface area contributed by atoms with Crippen molar-refractivity contribution in [3.05, 3.63) is 182 Å². The Morgan fingerprint density at radius 2 is 1.37 bits per heavy atom. The largest absolute Gasteiger partial charge is 0.509 e. The second kappa shape index (κ2) is 13.7. The standard InChI is InChI=1S/C53H40N5O.Pt/c1-2-11-36(12-3-1)53(38-26-34-25-35(28-38)29-39(53)27-34)37-23-24-54-51(30-37)58-48-19-8-4-15-43(48)44-22-21-42(32-50(44)58)59-41-14-10-13-40(31-41)56-33-57-49-20-9-6-17-46(49)55-52(57)45-16-5-7-18-47(45)56;/h1-24,30,33-35,38-39H,25-29H2;/q-3;. The summed E-state index contributed by atoms with van der Waals surface area (Å²) in [6, 6.07) is 59.0. The first kappa shape index (κ1) is 35.8. The van der Waals surface area contributed by atoms with Gasteiger partial charge in [0.05, 0.1) is 0 Å². The van der Waals surface area contributed by atoms with Crippen molar-refractivity contribution < 1.29 is 25.8 Å². The van der Waals surface area contributed by atoms with E-state index < -0.39 is 0 Å². The monoisotopic (exact) mass is 957 g/mol. The van der Waals surface area contributed by atoms with E-state index in [1.165, 1.54) is 48.6 Å². The van der Waals surface area contributed by atoms with Gasteiger partial charge in [0.2, 0.25) is 0 Å². The van der Waals surface area contributed by atoms with Gasteiger partial charge in [0.1, 0.15) is 5.82 Å². The molecule has 0 atom stereocenters. The molecule has 60 heavy (non-hydrogen) atoms. The number of pyridine rings is 1. The number of nitrogens with zero attached hydrogens (tertiary/aromatic N) is 5. The number of anilines is 2. The zero-order valence-electron chi connectivity index (χ0n) is 32.8. The third-order valence-electron chi connectivity index (χ3n) is 14.2. The van der Waals surface area contributed by atoms with Gasteiger partial charge in [-0.25, -0.2) is 4.98 Å². The van der Waals surface area contributed by atoms with E-state index in [0.29, 0.717) is 23.3 Å². The summed E-state index contributed by atoms with van der Waals surface area (Å²) in [5.74, 6) is 6.12. The van der Waals surface area contributed by atoms with E-state index in [-0.39, 0.29) is 26.5 Å². The molecule has 0 N–H and O–H groups in total. The number of rotatable bonds is 6. The fourth-order valence-corrected chi connectivity index (χ4v) is 12.1. The van der Waals surface area contributed by atoms with E-state index in [0.717, 1.165) is 67.9 Å². The molecular formula is C53H40N5OPt-3. The molecule has 6 nitrogen and oxygen atoms in total. The predicted octanol–water partition coefficient (Wildman–Crippen LogP) is 12.4. The van der Waals surface area contributed by atoms with Crippen LogP contribution in [0.4, 0.5) is 11.4 Å². The summed E-state index contributed by atoms with van der Waals surface area (Å²) >= 11 is 0. The summed E-state index contributed by atoms with van der Waals surface area (Å²) in [4.78, 5) is 12.3. The topological polar surface area (TPSA) is 48.1 Å². The van der Waals surface area contributed by atoms with E-state index in [2.05, 4.69) is 154 Å². The number of ether oxygens (including phenoxy) is 1. The molecule has 1 aliphatic heterocycles. The van der Waals surface area contributed by atoms with Gasteiger partial charge in [-0.2, -0.15) is 12.1 Å². The van der Waals surface area contributed by atoms with Crippen LogP contribution in [0.25, 0.3) is 50.0 Å². The van der Waals surface area contributed by atoms with Crippen LogP contribution in [0.15, 0.2) is 152 Å². The molecule has 3 aromatic heterocycles. The first-order valence-corrected chi connectivity index (χ1v) is 21.1. The second-order valence-electron chi connectivity index (χ2n) is 17.2. The van der Waals surface area contributed by atoms with Crippen LogP contribution >= 0.6 is 0 Å². The Labute approximate surface area is 363 Å². The predicted molar refractivity (Wildman–Crippen MR) is 234 cm³/mol. The Morgan fingerprint density at radius 1 is 0.633 bits per heavy atom. The Kier molecular flexibility index (Phi) is 8.19. The van der Waals surface area contributed by atoms with Crippen LogP contribution in [0.5, 0.6) is 11.5 Å². The fraction of sp³-hybridized carbons (Fsp3) is 0.189. The molecule has 6 aromatic carbocycles. The number of imidazole rings is 1. The zero-order chi connectivity index (χ0) is 38.7. The molecule has 296 valence electrons. The van der Waals surface area contributed by atoms with E-state index in [1.54, 1.807) is 0 Å². The van der Waals surface area contributed by atoms with Crippen molar-refractivity contribution >= 4 is 44.2 Å². The Balaban J connectivity index is 0.00000388. The van der Waals surface area contributed by atoms with Crippen LogP contribution in [0.1, 0.15) is 43.2 Å². The summed E-state index contributed by atoms with van der Waals surface area (Å²) in [5.41, 5.74) is 9.91. The van der Waals surface area contributed by atoms with Crippen molar-refractivity contribution in [3.63, 3.8) is 0 Å². The molecule has 14 rings (SSSR count). The van der Waals surface area contributed by atoms with Crippen molar-refractivity contribution in [2.24, 2.45) is 23.7 Å². The number of fused-ring (bicyclic) bond motifs is 8. The van der Waals surface area contributed by atoms with Crippen LogP contribution in [0, 0.1) is 42.5 Å². The van der Waals surface area contributed by atoms with Crippen LogP contribution < -0.4 is 9.64 Å². The van der Waals surface area contributed by atoms with Gasteiger partial charge >= 0.3 is 0 Å². The second-order valence-corrected chi connectivity index (χ2v) is 17.2. The molecule has 4 heterocycles. The van der Waals surface area contributed by atoms with E-state index in [1.807, 2.05) is 30.5 Å². The molecule has 0 amide bonds. The number of hydrogen-bond acceptors (Lipinski definition) is 4. The van der Waals surface area contributed by atoms with Gasteiger partial charge in [-0.1, -0.05) is 96.1 Å².